The van der Waals surface area contributed by atoms with Gasteiger partial charge in [0.1, 0.15) is 0 Å². The predicted molar refractivity (Wildman–Crippen MR) is 94.4 cm³/mol. The topological polar surface area (TPSA) is 85.6 Å². The van der Waals surface area contributed by atoms with Crippen molar-refractivity contribution in [3.63, 3.8) is 0 Å². The Labute approximate surface area is 146 Å². The van der Waals surface area contributed by atoms with Crippen molar-refractivity contribution in [3.8, 4) is 0 Å². The van der Waals surface area contributed by atoms with Crippen molar-refractivity contribution in [2.75, 3.05) is 5.32 Å². The van der Waals surface area contributed by atoms with Crippen LogP contribution in [0.15, 0.2) is 23.4 Å². The molecule has 0 saturated heterocycles. The third-order valence-corrected chi connectivity index (χ3v) is 5.75. The minimum atomic E-state index is -0.285. The standard InChI is InChI=1S/C15H16N6OS2/c1-8(23-15-18-19-20-21(15)11-4-5-11)14(22)17-10-3-6-12-13(7-10)24-9(2)16-12/h3,6-8,11H,4-5H2,1-2H3,(H,17,22). The van der Waals surface area contributed by atoms with Crippen LogP contribution < -0.4 is 5.32 Å². The van der Waals surface area contributed by atoms with E-state index in [4.69, 9.17) is 0 Å². The van der Waals surface area contributed by atoms with Gasteiger partial charge < -0.3 is 5.32 Å². The quantitative estimate of drug-likeness (QED) is 0.704. The predicted octanol–water partition coefficient (Wildman–Crippen LogP) is 3.05. The second-order valence-electron chi connectivity index (χ2n) is 5.80. The molecule has 0 bridgehead atoms. The number of aromatic nitrogens is 5. The van der Waals surface area contributed by atoms with E-state index in [1.54, 1.807) is 11.3 Å². The molecule has 2 aromatic heterocycles. The highest BCUT2D eigenvalue weighted by Crippen LogP contribution is 2.37. The number of carbonyl (C=O) groups is 1. The Bertz CT molecular complexity index is 900. The lowest BCUT2D eigenvalue weighted by Crippen LogP contribution is -2.22. The maximum atomic E-state index is 12.5. The number of rotatable bonds is 5. The summed E-state index contributed by atoms with van der Waals surface area (Å²) < 4.78 is 2.89. The number of hydrogen-bond donors (Lipinski definition) is 1. The highest BCUT2D eigenvalue weighted by Gasteiger charge is 2.29. The van der Waals surface area contributed by atoms with Crippen molar-refractivity contribution < 1.29 is 4.79 Å². The molecule has 1 atom stereocenters. The number of anilines is 1. The zero-order valence-corrected chi connectivity index (χ0v) is 14.9. The Balaban J connectivity index is 1.44. The normalized spacial score (nSPS) is 15.6. The summed E-state index contributed by atoms with van der Waals surface area (Å²) in [5.41, 5.74) is 1.74. The van der Waals surface area contributed by atoms with Crippen LogP contribution in [0.2, 0.25) is 0 Å². The summed E-state index contributed by atoms with van der Waals surface area (Å²) in [7, 11) is 0. The van der Waals surface area contributed by atoms with E-state index in [0.29, 0.717) is 11.2 Å². The van der Waals surface area contributed by atoms with Crippen molar-refractivity contribution in [1.29, 1.82) is 0 Å². The number of tetrazole rings is 1. The van der Waals surface area contributed by atoms with Crippen molar-refractivity contribution in [2.24, 2.45) is 0 Å². The molecule has 1 aromatic carbocycles. The number of aryl methyl sites for hydroxylation is 1. The maximum absolute atomic E-state index is 12.5. The van der Waals surface area contributed by atoms with Gasteiger partial charge in [0, 0.05) is 5.69 Å². The molecular formula is C15H16N6OS2. The van der Waals surface area contributed by atoms with E-state index in [0.717, 1.165) is 33.8 Å². The molecule has 4 rings (SSSR count). The summed E-state index contributed by atoms with van der Waals surface area (Å²) in [6, 6.07) is 6.17. The van der Waals surface area contributed by atoms with E-state index >= 15 is 0 Å². The molecule has 1 aliphatic rings. The van der Waals surface area contributed by atoms with Gasteiger partial charge in [0.05, 0.1) is 26.5 Å². The monoisotopic (exact) mass is 360 g/mol. The Hall–Kier alpha value is -2.00. The van der Waals surface area contributed by atoms with Crippen LogP contribution in [0, 0.1) is 6.92 Å². The van der Waals surface area contributed by atoms with E-state index in [1.165, 1.54) is 11.8 Å². The Kier molecular flexibility index (Phi) is 3.97. The molecule has 1 unspecified atom stereocenters. The summed E-state index contributed by atoms with van der Waals surface area (Å²) in [6.45, 7) is 3.84. The highest BCUT2D eigenvalue weighted by atomic mass is 32.2. The first-order valence-electron chi connectivity index (χ1n) is 7.73. The fraction of sp³-hybridized carbons (Fsp3) is 0.400. The zero-order chi connectivity index (χ0) is 16.7. The first kappa shape index (κ1) is 15.5. The number of thiazole rings is 1. The molecule has 24 heavy (non-hydrogen) atoms. The summed E-state index contributed by atoms with van der Waals surface area (Å²) in [6.07, 6.45) is 2.21. The van der Waals surface area contributed by atoms with Gasteiger partial charge in [0.15, 0.2) is 0 Å². The summed E-state index contributed by atoms with van der Waals surface area (Å²) >= 11 is 3.01. The molecule has 3 aromatic rings. The molecule has 0 aliphatic heterocycles. The van der Waals surface area contributed by atoms with Crippen LogP contribution in [0.1, 0.15) is 30.8 Å². The van der Waals surface area contributed by atoms with Gasteiger partial charge in [-0.3, -0.25) is 4.79 Å². The van der Waals surface area contributed by atoms with Crippen LogP contribution in [-0.4, -0.2) is 36.3 Å². The van der Waals surface area contributed by atoms with Gasteiger partial charge in [-0.05, 0) is 55.3 Å². The molecule has 1 fully saturated rings. The average molecular weight is 360 g/mol. The maximum Gasteiger partial charge on any atom is 0.237 e. The summed E-state index contributed by atoms with van der Waals surface area (Å²) in [5, 5.41) is 16.2. The zero-order valence-electron chi connectivity index (χ0n) is 13.3. The van der Waals surface area contributed by atoms with Gasteiger partial charge in [-0.2, -0.15) is 0 Å². The van der Waals surface area contributed by atoms with Crippen LogP contribution in [-0.2, 0) is 4.79 Å². The number of carbonyl (C=O) groups excluding carboxylic acids is 1. The molecule has 2 heterocycles. The van der Waals surface area contributed by atoms with Crippen LogP contribution in [0.5, 0.6) is 0 Å². The second kappa shape index (κ2) is 6.14. The van der Waals surface area contributed by atoms with Crippen molar-refractivity contribution in [2.45, 2.75) is 43.1 Å². The number of benzene rings is 1. The molecule has 1 aliphatic carbocycles. The second-order valence-corrected chi connectivity index (χ2v) is 8.34. The van der Waals surface area contributed by atoms with Gasteiger partial charge in [-0.15, -0.1) is 16.4 Å². The third-order valence-electron chi connectivity index (χ3n) is 3.77. The number of amides is 1. The fourth-order valence-corrected chi connectivity index (χ4v) is 4.11. The van der Waals surface area contributed by atoms with Gasteiger partial charge in [0.2, 0.25) is 11.1 Å². The van der Waals surface area contributed by atoms with E-state index in [1.807, 2.05) is 36.7 Å². The third kappa shape index (κ3) is 3.13. The van der Waals surface area contributed by atoms with E-state index < -0.39 is 0 Å². The molecule has 1 amide bonds. The number of hydrogen-bond acceptors (Lipinski definition) is 7. The lowest BCUT2D eigenvalue weighted by Gasteiger charge is -2.11. The molecule has 1 N–H and O–H groups in total. The Morgan fingerprint density at radius 2 is 2.29 bits per heavy atom. The molecular weight excluding hydrogens is 344 g/mol. The number of fused-ring (bicyclic) bond motifs is 1. The van der Waals surface area contributed by atoms with Crippen LogP contribution in [0.4, 0.5) is 5.69 Å². The van der Waals surface area contributed by atoms with E-state index in [-0.39, 0.29) is 11.2 Å². The molecule has 0 radical (unpaired) electrons. The summed E-state index contributed by atoms with van der Waals surface area (Å²) in [4.78, 5) is 16.9. The first-order valence-corrected chi connectivity index (χ1v) is 9.42. The van der Waals surface area contributed by atoms with Crippen LogP contribution >= 0.6 is 23.1 Å². The van der Waals surface area contributed by atoms with E-state index in [9.17, 15) is 4.79 Å². The van der Waals surface area contributed by atoms with Crippen molar-refractivity contribution in [1.82, 2.24) is 25.2 Å². The average Bonchev–Trinajstić information content (AvgIpc) is 3.17. The van der Waals surface area contributed by atoms with Gasteiger partial charge >= 0.3 is 0 Å². The molecule has 7 nitrogen and oxygen atoms in total. The SMILES string of the molecule is Cc1nc2ccc(NC(=O)C(C)Sc3nnnn3C3CC3)cc2s1. The Morgan fingerprint density at radius 1 is 1.46 bits per heavy atom. The van der Waals surface area contributed by atoms with Gasteiger partial charge in [0.25, 0.3) is 0 Å². The first-order chi connectivity index (χ1) is 11.6. The smallest absolute Gasteiger partial charge is 0.237 e. The van der Waals surface area contributed by atoms with E-state index in [2.05, 4.69) is 25.8 Å². The minimum absolute atomic E-state index is 0.0639. The summed E-state index contributed by atoms with van der Waals surface area (Å²) in [5.74, 6) is -0.0639. The Morgan fingerprint density at radius 3 is 3.08 bits per heavy atom. The van der Waals surface area contributed by atoms with Crippen molar-refractivity contribution >= 4 is 44.9 Å². The molecule has 9 heteroatoms. The molecule has 0 spiro atoms. The number of nitrogens with one attached hydrogen (secondary N) is 1. The lowest BCUT2D eigenvalue weighted by molar-refractivity contribution is -0.115. The molecule has 124 valence electrons. The fourth-order valence-electron chi connectivity index (χ4n) is 2.38. The minimum Gasteiger partial charge on any atom is -0.325 e. The van der Waals surface area contributed by atoms with Gasteiger partial charge in [-0.25, -0.2) is 9.67 Å². The highest BCUT2D eigenvalue weighted by molar-refractivity contribution is 8.00. The molecule has 1 saturated carbocycles. The van der Waals surface area contributed by atoms with Gasteiger partial charge in [-0.1, -0.05) is 11.8 Å². The van der Waals surface area contributed by atoms with Crippen molar-refractivity contribution in [3.05, 3.63) is 23.2 Å². The van der Waals surface area contributed by atoms with Crippen LogP contribution in [0.3, 0.4) is 0 Å². The number of nitrogens with zero attached hydrogens (tertiary/aromatic N) is 5. The largest absolute Gasteiger partial charge is 0.325 e. The van der Waals surface area contributed by atoms with Crippen LogP contribution in [0.25, 0.3) is 10.2 Å². The lowest BCUT2D eigenvalue weighted by atomic mass is 10.3. The number of thioether (sulfide) groups is 1.